The highest BCUT2D eigenvalue weighted by Gasteiger charge is 2.27. The van der Waals surface area contributed by atoms with Gasteiger partial charge >= 0.3 is 11.6 Å². The molecule has 0 spiro atoms. The van der Waals surface area contributed by atoms with Crippen molar-refractivity contribution in [2.75, 3.05) is 0 Å². The SMILES string of the molecule is CCC[C@H](NS(=O)(=O)c1ccc(C)cc1)C(=O)Oc1cc2oc(=O)cc(C)c2cc1Cl. The largest absolute Gasteiger partial charge is 0.424 e. The average molecular weight is 464 g/mol. The smallest absolute Gasteiger partial charge is 0.336 e. The molecule has 31 heavy (non-hydrogen) atoms. The lowest BCUT2D eigenvalue weighted by Crippen LogP contribution is -2.42. The monoisotopic (exact) mass is 463 g/mol. The third kappa shape index (κ3) is 5.33. The number of ether oxygens (including phenoxy) is 1. The number of benzene rings is 2. The number of fused-ring (bicyclic) bond motifs is 1. The quantitative estimate of drug-likeness (QED) is 0.321. The van der Waals surface area contributed by atoms with E-state index in [0.29, 0.717) is 17.4 Å². The molecule has 1 atom stereocenters. The molecule has 0 aliphatic heterocycles. The Labute approximate surface area is 185 Å². The topological polar surface area (TPSA) is 103 Å². The number of rotatable bonds is 7. The lowest BCUT2D eigenvalue weighted by Gasteiger charge is -2.18. The minimum Gasteiger partial charge on any atom is -0.424 e. The Morgan fingerprint density at radius 3 is 2.48 bits per heavy atom. The van der Waals surface area contributed by atoms with Gasteiger partial charge in [-0.3, -0.25) is 0 Å². The van der Waals surface area contributed by atoms with Crippen LogP contribution in [0, 0.1) is 13.8 Å². The third-order valence-electron chi connectivity index (χ3n) is 4.70. The van der Waals surface area contributed by atoms with Crippen LogP contribution in [0.3, 0.4) is 0 Å². The van der Waals surface area contributed by atoms with Crippen LogP contribution in [0.25, 0.3) is 11.0 Å². The Balaban J connectivity index is 1.87. The summed E-state index contributed by atoms with van der Waals surface area (Å²) in [4.78, 5) is 24.5. The van der Waals surface area contributed by atoms with Gasteiger partial charge in [-0.05, 0) is 44.0 Å². The molecule has 3 aromatic rings. The molecule has 0 unspecified atom stereocenters. The summed E-state index contributed by atoms with van der Waals surface area (Å²) in [5.41, 5.74) is 1.25. The first-order valence-electron chi connectivity index (χ1n) is 9.65. The Kier molecular flexibility index (Phi) is 6.83. The summed E-state index contributed by atoms with van der Waals surface area (Å²) in [6.07, 6.45) is 0.763. The fraction of sp³-hybridized carbons (Fsp3) is 0.273. The standard InChI is InChI=1S/C22H22ClNO6S/c1-4-5-18(24-31(27,28)15-8-6-13(2)7-9-15)22(26)30-20-12-19-16(11-17(20)23)14(3)10-21(25)29-19/h6-12,18,24H,4-5H2,1-3H3/t18-/m0/s1. The van der Waals surface area contributed by atoms with Gasteiger partial charge in [0.05, 0.1) is 9.92 Å². The number of hydrogen-bond acceptors (Lipinski definition) is 6. The van der Waals surface area contributed by atoms with E-state index in [1.165, 1.54) is 30.3 Å². The van der Waals surface area contributed by atoms with E-state index in [1.807, 2.05) is 13.8 Å². The lowest BCUT2D eigenvalue weighted by atomic mass is 10.1. The van der Waals surface area contributed by atoms with Gasteiger partial charge in [-0.25, -0.2) is 18.0 Å². The first-order chi connectivity index (χ1) is 14.6. The Hall–Kier alpha value is -2.68. The van der Waals surface area contributed by atoms with Crippen LogP contribution < -0.4 is 15.1 Å². The van der Waals surface area contributed by atoms with Crippen LogP contribution in [0.5, 0.6) is 5.75 Å². The maximum atomic E-state index is 12.8. The fourth-order valence-corrected chi connectivity index (χ4v) is 4.49. The van der Waals surface area contributed by atoms with Crippen LogP contribution in [0.2, 0.25) is 5.02 Å². The van der Waals surface area contributed by atoms with Crippen LogP contribution in [0.15, 0.2) is 56.6 Å². The molecule has 1 aromatic heterocycles. The normalized spacial score (nSPS) is 12.6. The van der Waals surface area contributed by atoms with Crippen molar-refractivity contribution in [2.45, 2.75) is 44.6 Å². The molecule has 9 heteroatoms. The zero-order valence-electron chi connectivity index (χ0n) is 17.3. The maximum Gasteiger partial charge on any atom is 0.336 e. The first kappa shape index (κ1) is 23.0. The predicted molar refractivity (Wildman–Crippen MR) is 118 cm³/mol. The number of carbonyl (C=O) groups excluding carboxylic acids is 1. The molecule has 0 bridgehead atoms. The van der Waals surface area contributed by atoms with Crippen molar-refractivity contribution in [3.05, 3.63) is 69.0 Å². The van der Waals surface area contributed by atoms with Crippen molar-refractivity contribution in [3.63, 3.8) is 0 Å². The molecular weight excluding hydrogens is 442 g/mol. The first-order valence-corrected chi connectivity index (χ1v) is 11.5. The average Bonchev–Trinajstić information content (AvgIpc) is 2.69. The molecule has 0 aliphatic carbocycles. The van der Waals surface area contributed by atoms with E-state index < -0.39 is 27.7 Å². The van der Waals surface area contributed by atoms with Gasteiger partial charge < -0.3 is 9.15 Å². The predicted octanol–water partition coefficient (Wildman–Crippen LogP) is 4.12. The summed E-state index contributed by atoms with van der Waals surface area (Å²) in [6, 6.07) is 9.38. The summed E-state index contributed by atoms with van der Waals surface area (Å²) in [6.45, 7) is 5.40. The van der Waals surface area contributed by atoms with Crippen molar-refractivity contribution >= 4 is 38.6 Å². The van der Waals surface area contributed by atoms with E-state index in [0.717, 1.165) is 5.56 Å². The van der Waals surface area contributed by atoms with Gasteiger partial charge in [0.2, 0.25) is 10.0 Å². The number of esters is 1. The van der Waals surface area contributed by atoms with Gasteiger partial charge in [0.1, 0.15) is 11.6 Å². The summed E-state index contributed by atoms with van der Waals surface area (Å²) < 4.78 is 38.4. The Bertz CT molecular complexity index is 1280. The number of sulfonamides is 1. The van der Waals surface area contributed by atoms with Crippen LogP contribution >= 0.6 is 11.6 Å². The van der Waals surface area contributed by atoms with E-state index in [9.17, 15) is 18.0 Å². The minimum atomic E-state index is -3.94. The summed E-state index contributed by atoms with van der Waals surface area (Å²) in [7, 11) is -3.94. The van der Waals surface area contributed by atoms with Gasteiger partial charge in [-0.2, -0.15) is 4.72 Å². The highest BCUT2D eigenvalue weighted by atomic mass is 35.5. The number of aryl methyl sites for hydroxylation is 2. The van der Waals surface area contributed by atoms with E-state index in [1.54, 1.807) is 19.1 Å². The van der Waals surface area contributed by atoms with Gasteiger partial charge in [0.15, 0.2) is 5.75 Å². The second-order valence-corrected chi connectivity index (χ2v) is 9.35. The molecule has 0 amide bonds. The Morgan fingerprint density at radius 1 is 1.16 bits per heavy atom. The second kappa shape index (κ2) is 9.21. The zero-order chi connectivity index (χ0) is 22.8. The fourth-order valence-electron chi connectivity index (χ4n) is 3.06. The molecule has 7 nitrogen and oxygen atoms in total. The Morgan fingerprint density at radius 2 is 1.84 bits per heavy atom. The highest BCUT2D eigenvalue weighted by molar-refractivity contribution is 7.89. The van der Waals surface area contributed by atoms with Gasteiger partial charge in [-0.1, -0.05) is 42.6 Å². The lowest BCUT2D eigenvalue weighted by molar-refractivity contribution is -0.136. The molecule has 0 saturated carbocycles. The van der Waals surface area contributed by atoms with Crippen molar-refractivity contribution in [2.24, 2.45) is 0 Å². The number of nitrogens with one attached hydrogen (secondary N) is 1. The summed E-state index contributed by atoms with van der Waals surface area (Å²) >= 11 is 6.25. The summed E-state index contributed by atoms with van der Waals surface area (Å²) in [5.74, 6) is -0.836. The minimum absolute atomic E-state index is 0.0245. The van der Waals surface area contributed by atoms with Crippen LogP contribution in [0.1, 0.15) is 30.9 Å². The number of carbonyl (C=O) groups is 1. The highest BCUT2D eigenvalue weighted by Crippen LogP contribution is 2.31. The van der Waals surface area contributed by atoms with Gasteiger partial charge in [-0.15, -0.1) is 0 Å². The maximum absolute atomic E-state index is 12.8. The molecule has 0 radical (unpaired) electrons. The van der Waals surface area contributed by atoms with Crippen molar-refractivity contribution in [1.82, 2.24) is 4.72 Å². The third-order valence-corrected chi connectivity index (χ3v) is 6.49. The second-order valence-electron chi connectivity index (χ2n) is 7.22. The van der Waals surface area contributed by atoms with Crippen LogP contribution in [-0.4, -0.2) is 20.4 Å². The zero-order valence-corrected chi connectivity index (χ0v) is 18.8. The molecule has 0 aliphatic rings. The molecule has 3 rings (SSSR count). The van der Waals surface area contributed by atoms with Gasteiger partial charge in [0.25, 0.3) is 0 Å². The molecule has 0 fully saturated rings. The van der Waals surface area contributed by atoms with Gasteiger partial charge in [0, 0.05) is 17.5 Å². The number of halogens is 1. The van der Waals surface area contributed by atoms with Crippen molar-refractivity contribution in [3.8, 4) is 5.75 Å². The molecule has 0 saturated heterocycles. The van der Waals surface area contributed by atoms with E-state index in [4.69, 9.17) is 20.8 Å². The molecule has 2 aromatic carbocycles. The van der Waals surface area contributed by atoms with E-state index in [-0.39, 0.29) is 27.7 Å². The molecular formula is C22H22ClNO6S. The summed E-state index contributed by atoms with van der Waals surface area (Å²) in [5, 5.41) is 0.740. The van der Waals surface area contributed by atoms with E-state index in [2.05, 4.69) is 4.72 Å². The molecule has 1 N–H and O–H groups in total. The molecule has 164 valence electrons. The van der Waals surface area contributed by atoms with Crippen molar-refractivity contribution < 1.29 is 22.4 Å². The van der Waals surface area contributed by atoms with Crippen LogP contribution in [-0.2, 0) is 14.8 Å². The van der Waals surface area contributed by atoms with Crippen molar-refractivity contribution in [1.29, 1.82) is 0 Å². The molecule has 1 heterocycles. The van der Waals surface area contributed by atoms with E-state index >= 15 is 0 Å². The number of hydrogen-bond donors (Lipinski definition) is 1. The van der Waals surface area contributed by atoms with Crippen LogP contribution in [0.4, 0.5) is 0 Å².